The van der Waals surface area contributed by atoms with Crippen molar-refractivity contribution < 1.29 is 14.3 Å². The molecule has 8 nitrogen and oxygen atoms in total. The molecule has 0 unspecified atom stereocenters. The number of anilines is 1. The van der Waals surface area contributed by atoms with Crippen molar-refractivity contribution in [3.8, 4) is 5.75 Å². The smallest absolute Gasteiger partial charge is 0.239 e. The van der Waals surface area contributed by atoms with Crippen LogP contribution in [0.2, 0.25) is 0 Å². The Bertz CT molecular complexity index is 926. The zero-order valence-corrected chi connectivity index (χ0v) is 18.7. The normalized spacial score (nSPS) is 13.8. The SMILES string of the molecule is CCNC(=NCc1ccc(N2CCCC2=O)cc1)NCC(=O)NCc1ccc(OC)cc1. The van der Waals surface area contributed by atoms with Crippen molar-refractivity contribution in [2.75, 3.05) is 31.6 Å². The summed E-state index contributed by atoms with van der Waals surface area (Å²) in [5.74, 6) is 1.42. The molecule has 1 aliphatic heterocycles. The zero-order chi connectivity index (χ0) is 22.8. The highest BCUT2D eigenvalue weighted by molar-refractivity contribution is 5.95. The third kappa shape index (κ3) is 6.73. The van der Waals surface area contributed by atoms with Gasteiger partial charge in [0.1, 0.15) is 5.75 Å². The van der Waals surface area contributed by atoms with Gasteiger partial charge in [-0.05, 0) is 48.7 Å². The van der Waals surface area contributed by atoms with Crippen LogP contribution < -0.4 is 25.6 Å². The van der Waals surface area contributed by atoms with Gasteiger partial charge in [0.05, 0.1) is 20.2 Å². The van der Waals surface area contributed by atoms with Gasteiger partial charge in [-0.25, -0.2) is 4.99 Å². The first-order chi connectivity index (χ1) is 15.6. The Morgan fingerprint density at radius 3 is 2.38 bits per heavy atom. The van der Waals surface area contributed by atoms with Crippen LogP contribution in [0.4, 0.5) is 5.69 Å². The van der Waals surface area contributed by atoms with Crippen LogP contribution in [0.15, 0.2) is 53.5 Å². The lowest BCUT2D eigenvalue weighted by atomic mass is 10.2. The molecule has 1 saturated heterocycles. The van der Waals surface area contributed by atoms with Gasteiger partial charge in [0.2, 0.25) is 11.8 Å². The highest BCUT2D eigenvalue weighted by Gasteiger charge is 2.21. The van der Waals surface area contributed by atoms with E-state index in [4.69, 9.17) is 4.74 Å². The molecule has 0 spiro atoms. The van der Waals surface area contributed by atoms with Crippen LogP contribution >= 0.6 is 0 Å². The van der Waals surface area contributed by atoms with Gasteiger partial charge in [-0.1, -0.05) is 24.3 Å². The highest BCUT2D eigenvalue weighted by Crippen LogP contribution is 2.21. The molecule has 0 saturated carbocycles. The Labute approximate surface area is 189 Å². The molecule has 32 heavy (non-hydrogen) atoms. The number of amides is 2. The molecule has 1 fully saturated rings. The number of aliphatic imine (C=N–C) groups is 1. The first kappa shape index (κ1) is 23.1. The van der Waals surface area contributed by atoms with E-state index in [2.05, 4.69) is 20.9 Å². The van der Waals surface area contributed by atoms with Gasteiger partial charge in [0, 0.05) is 31.7 Å². The average Bonchev–Trinajstić information content (AvgIpc) is 3.26. The number of carbonyl (C=O) groups excluding carboxylic acids is 2. The Hall–Kier alpha value is -3.55. The molecule has 2 aromatic carbocycles. The van der Waals surface area contributed by atoms with Crippen molar-refractivity contribution in [1.29, 1.82) is 0 Å². The number of nitrogens with one attached hydrogen (secondary N) is 3. The van der Waals surface area contributed by atoms with Crippen molar-refractivity contribution in [2.24, 2.45) is 4.99 Å². The monoisotopic (exact) mass is 437 g/mol. The predicted molar refractivity (Wildman–Crippen MR) is 126 cm³/mol. The molecule has 3 N–H and O–H groups in total. The molecule has 1 heterocycles. The Morgan fingerprint density at radius 1 is 1.03 bits per heavy atom. The number of nitrogens with zero attached hydrogens (tertiary/aromatic N) is 2. The van der Waals surface area contributed by atoms with Gasteiger partial charge in [0.15, 0.2) is 5.96 Å². The molecule has 0 bridgehead atoms. The van der Waals surface area contributed by atoms with E-state index in [0.29, 0.717) is 32.0 Å². The van der Waals surface area contributed by atoms with E-state index in [1.165, 1.54) is 0 Å². The Balaban J connectivity index is 1.47. The molecule has 1 aliphatic rings. The number of hydrogen-bond acceptors (Lipinski definition) is 4. The summed E-state index contributed by atoms with van der Waals surface area (Å²) >= 11 is 0. The number of rotatable bonds is 9. The Morgan fingerprint density at radius 2 is 1.75 bits per heavy atom. The van der Waals surface area contributed by atoms with E-state index < -0.39 is 0 Å². The summed E-state index contributed by atoms with van der Waals surface area (Å²) in [4.78, 5) is 30.5. The molecule has 0 radical (unpaired) electrons. The molecule has 2 aromatic rings. The van der Waals surface area contributed by atoms with Crippen LogP contribution in [0.25, 0.3) is 0 Å². The second-order valence-corrected chi connectivity index (χ2v) is 7.49. The third-order valence-corrected chi connectivity index (χ3v) is 5.15. The fourth-order valence-electron chi connectivity index (χ4n) is 3.39. The number of methoxy groups -OCH3 is 1. The summed E-state index contributed by atoms with van der Waals surface area (Å²) < 4.78 is 5.14. The molecule has 2 amide bonds. The van der Waals surface area contributed by atoms with E-state index in [9.17, 15) is 9.59 Å². The van der Waals surface area contributed by atoms with E-state index in [1.54, 1.807) is 7.11 Å². The first-order valence-corrected chi connectivity index (χ1v) is 10.9. The minimum atomic E-state index is -0.119. The molecular weight excluding hydrogens is 406 g/mol. The second-order valence-electron chi connectivity index (χ2n) is 7.49. The quantitative estimate of drug-likeness (QED) is 0.413. The molecule has 0 aliphatic carbocycles. The van der Waals surface area contributed by atoms with Crippen molar-refractivity contribution >= 4 is 23.5 Å². The third-order valence-electron chi connectivity index (χ3n) is 5.15. The maximum Gasteiger partial charge on any atom is 0.239 e. The average molecular weight is 438 g/mol. The lowest BCUT2D eigenvalue weighted by Gasteiger charge is -2.16. The van der Waals surface area contributed by atoms with Gasteiger partial charge in [-0.3, -0.25) is 9.59 Å². The summed E-state index contributed by atoms with van der Waals surface area (Å²) in [7, 11) is 1.62. The fraction of sp³-hybridized carbons (Fsp3) is 0.375. The molecule has 0 aromatic heterocycles. The largest absolute Gasteiger partial charge is 0.497 e. The molecule has 170 valence electrons. The van der Waals surface area contributed by atoms with Gasteiger partial charge < -0.3 is 25.6 Å². The standard InChI is InChI=1S/C24H31N5O3/c1-3-25-24(28-17-22(30)26-15-19-8-12-21(32-2)13-9-19)27-16-18-6-10-20(11-7-18)29-14-4-5-23(29)31/h6-13H,3-5,14-17H2,1-2H3,(H,26,30)(H2,25,27,28). The maximum absolute atomic E-state index is 12.2. The van der Waals surface area contributed by atoms with Gasteiger partial charge in [0.25, 0.3) is 0 Å². The van der Waals surface area contributed by atoms with Crippen molar-refractivity contribution in [3.63, 3.8) is 0 Å². The number of ether oxygens (including phenoxy) is 1. The molecule has 8 heteroatoms. The van der Waals surface area contributed by atoms with Gasteiger partial charge in [-0.2, -0.15) is 0 Å². The number of guanidine groups is 1. The fourth-order valence-corrected chi connectivity index (χ4v) is 3.39. The molecule has 0 atom stereocenters. The summed E-state index contributed by atoms with van der Waals surface area (Å²) in [5, 5.41) is 9.10. The maximum atomic E-state index is 12.2. The highest BCUT2D eigenvalue weighted by atomic mass is 16.5. The summed E-state index contributed by atoms with van der Waals surface area (Å²) in [6, 6.07) is 15.5. The van der Waals surface area contributed by atoms with E-state index in [-0.39, 0.29) is 18.4 Å². The summed E-state index contributed by atoms with van der Waals surface area (Å²) in [5.41, 5.74) is 2.96. The number of hydrogen-bond donors (Lipinski definition) is 3. The van der Waals surface area contributed by atoms with E-state index in [0.717, 1.165) is 35.5 Å². The minimum Gasteiger partial charge on any atom is -0.497 e. The van der Waals surface area contributed by atoms with Crippen LogP contribution in [0, 0.1) is 0 Å². The zero-order valence-electron chi connectivity index (χ0n) is 18.7. The predicted octanol–water partition coefficient (Wildman–Crippen LogP) is 2.19. The lowest BCUT2D eigenvalue weighted by molar-refractivity contribution is -0.120. The summed E-state index contributed by atoms with van der Waals surface area (Å²) in [6.45, 7) is 4.49. The second kappa shape index (κ2) is 11.7. The number of carbonyl (C=O) groups is 2. The Kier molecular flexibility index (Phi) is 8.48. The van der Waals surface area contributed by atoms with Gasteiger partial charge >= 0.3 is 0 Å². The van der Waals surface area contributed by atoms with Crippen LogP contribution in [0.3, 0.4) is 0 Å². The first-order valence-electron chi connectivity index (χ1n) is 10.9. The van der Waals surface area contributed by atoms with Crippen molar-refractivity contribution in [3.05, 3.63) is 59.7 Å². The van der Waals surface area contributed by atoms with Crippen molar-refractivity contribution in [1.82, 2.24) is 16.0 Å². The minimum absolute atomic E-state index is 0.119. The molecular formula is C24H31N5O3. The topological polar surface area (TPSA) is 95.1 Å². The molecule has 3 rings (SSSR count). The summed E-state index contributed by atoms with van der Waals surface area (Å²) in [6.07, 6.45) is 1.54. The van der Waals surface area contributed by atoms with Crippen LogP contribution in [-0.4, -0.2) is 44.5 Å². The van der Waals surface area contributed by atoms with Crippen LogP contribution in [0.1, 0.15) is 30.9 Å². The van der Waals surface area contributed by atoms with Gasteiger partial charge in [-0.15, -0.1) is 0 Å². The van der Waals surface area contributed by atoms with Crippen LogP contribution in [0.5, 0.6) is 5.75 Å². The number of benzene rings is 2. The van der Waals surface area contributed by atoms with E-state index >= 15 is 0 Å². The van der Waals surface area contributed by atoms with Crippen LogP contribution in [-0.2, 0) is 22.7 Å². The lowest BCUT2D eigenvalue weighted by Crippen LogP contribution is -2.43. The van der Waals surface area contributed by atoms with E-state index in [1.807, 2.05) is 60.4 Å². The van der Waals surface area contributed by atoms with Crippen molar-refractivity contribution in [2.45, 2.75) is 32.9 Å².